The number of sulfonamides is 1. The van der Waals surface area contributed by atoms with Crippen molar-refractivity contribution in [2.45, 2.75) is 75.9 Å². The van der Waals surface area contributed by atoms with Crippen LogP contribution in [0.15, 0.2) is 108 Å². The molecule has 0 unspecified atom stereocenters. The minimum absolute atomic E-state index is 0.0395. The summed E-state index contributed by atoms with van der Waals surface area (Å²) in [5, 5.41) is 3.26. The third-order valence-electron chi connectivity index (χ3n) is 9.07. The first kappa shape index (κ1) is 34.7. The van der Waals surface area contributed by atoms with E-state index in [1.807, 2.05) is 68.4 Å². The zero-order chi connectivity index (χ0) is 34.1. The lowest BCUT2D eigenvalue weighted by Gasteiger charge is -2.35. The number of hydrogen-bond donors (Lipinski definition) is 1. The minimum atomic E-state index is -4.18. The predicted molar refractivity (Wildman–Crippen MR) is 189 cm³/mol. The normalized spacial score (nSPS) is 14.1. The van der Waals surface area contributed by atoms with E-state index >= 15 is 0 Å². The number of hydrogen-bond acceptors (Lipinski definition) is 5. The van der Waals surface area contributed by atoms with Gasteiger partial charge >= 0.3 is 0 Å². The highest BCUT2D eigenvalue weighted by Gasteiger charge is 2.35. The van der Waals surface area contributed by atoms with Gasteiger partial charge in [-0.25, -0.2) is 8.42 Å². The van der Waals surface area contributed by atoms with Gasteiger partial charge in [0.15, 0.2) is 0 Å². The summed E-state index contributed by atoms with van der Waals surface area (Å²) in [7, 11) is -2.65. The number of carbonyl (C=O) groups is 2. The molecule has 1 saturated carbocycles. The highest BCUT2D eigenvalue weighted by molar-refractivity contribution is 7.92. The van der Waals surface area contributed by atoms with E-state index in [1.165, 1.54) is 7.11 Å². The molecule has 4 aromatic carbocycles. The topological polar surface area (TPSA) is 96.0 Å². The Bertz CT molecular complexity index is 1770. The molecule has 4 aromatic rings. The van der Waals surface area contributed by atoms with Crippen LogP contribution in [-0.4, -0.2) is 50.9 Å². The molecule has 48 heavy (non-hydrogen) atoms. The second kappa shape index (κ2) is 16.0. The van der Waals surface area contributed by atoms with Crippen LogP contribution in [0.1, 0.15) is 54.4 Å². The lowest BCUT2D eigenvalue weighted by Crippen LogP contribution is -2.55. The molecule has 1 atom stereocenters. The predicted octanol–water partition coefficient (Wildman–Crippen LogP) is 6.60. The van der Waals surface area contributed by atoms with E-state index in [0.29, 0.717) is 11.4 Å². The highest BCUT2D eigenvalue weighted by atomic mass is 32.2. The van der Waals surface area contributed by atoms with Crippen LogP contribution in [0.4, 0.5) is 5.69 Å². The van der Waals surface area contributed by atoms with Crippen molar-refractivity contribution in [2.24, 2.45) is 0 Å². The summed E-state index contributed by atoms with van der Waals surface area (Å²) in [6, 6.07) is 29.7. The maximum absolute atomic E-state index is 14.7. The summed E-state index contributed by atoms with van der Waals surface area (Å²) in [6.45, 7) is 3.49. The van der Waals surface area contributed by atoms with E-state index < -0.39 is 28.5 Å². The van der Waals surface area contributed by atoms with Crippen LogP contribution in [0.3, 0.4) is 0 Å². The first-order valence-electron chi connectivity index (χ1n) is 16.6. The minimum Gasteiger partial charge on any atom is -0.497 e. The molecule has 0 saturated heterocycles. The van der Waals surface area contributed by atoms with E-state index in [0.717, 1.165) is 58.7 Å². The van der Waals surface area contributed by atoms with Crippen molar-refractivity contribution < 1.29 is 22.7 Å². The molecule has 8 nitrogen and oxygen atoms in total. The Kier molecular flexibility index (Phi) is 11.5. The van der Waals surface area contributed by atoms with Gasteiger partial charge in [-0.2, -0.15) is 0 Å². The van der Waals surface area contributed by atoms with Crippen molar-refractivity contribution in [3.8, 4) is 5.75 Å². The molecular formula is C39H45N3O5S. The Morgan fingerprint density at radius 3 is 2.12 bits per heavy atom. The molecule has 9 heteroatoms. The van der Waals surface area contributed by atoms with Crippen molar-refractivity contribution in [1.29, 1.82) is 0 Å². The Hall–Kier alpha value is -4.63. The quantitative estimate of drug-likeness (QED) is 0.174. The lowest BCUT2D eigenvalue weighted by atomic mass is 9.94. The smallest absolute Gasteiger partial charge is 0.264 e. The van der Waals surface area contributed by atoms with Gasteiger partial charge in [-0.05, 0) is 79.8 Å². The van der Waals surface area contributed by atoms with Gasteiger partial charge in [0.25, 0.3) is 10.0 Å². The van der Waals surface area contributed by atoms with Gasteiger partial charge in [-0.15, -0.1) is 0 Å². The maximum atomic E-state index is 14.7. The summed E-state index contributed by atoms with van der Waals surface area (Å²) < 4.78 is 35.0. The number of rotatable bonds is 13. The second-order valence-electron chi connectivity index (χ2n) is 12.5. The maximum Gasteiger partial charge on any atom is 0.264 e. The van der Waals surface area contributed by atoms with Crippen LogP contribution < -0.4 is 14.4 Å². The fraction of sp³-hybridized carbons (Fsp3) is 0.333. The van der Waals surface area contributed by atoms with E-state index in [1.54, 1.807) is 53.4 Å². The monoisotopic (exact) mass is 667 g/mol. The number of ether oxygens (including phenoxy) is 1. The first-order valence-corrected chi connectivity index (χ1v) is 18.0. The van der Waals surface area contributed by atoms with Gasteiger partial charge in [-0.1, -0.05) is 91.6 Å². The van der Waals surface area contributed by atoms with E-state index in [9.17, 15) is 18.0 Å². The third kappa shape index (κ3) is 8.63. The lowest BCUT2D eigenvalue weighted by molar-refractivity contribution is -0.140. The molecule has 5 rings (SSSR count). The van der Waals surface area contributed by atoms with Crippen LogP contribution in [0.2, 0.25) is 0 Å². The highest BCUT2D eigenvalue weighted by Crippen LogP contribution is 2.28. The molecule has 2 amide bonds. The molecule has 0 bridgehead atoms. The Morgan fingerprint density at radius 2 is 1.48 bits per heavy atom. The molecule has 252 valence electrons. The number of nitrogens with zero attached hydrogens (tertiary/aromatic N) is 2. The molecule has 0 aromatic heterocycles. The summed E-state index contributed by atoms with van der Waals surface area (Å²) in [5.74, 6) is -0.157. The van der Waals surface area contributed by atoms with E-state index in [4.69, 9.17) is 4.74 Å². The van der Waals surface area contributed by atoms with E-state index in [-0.39, 0.29) is 29.8 Å². The average Bonchev–Trinajstić information content (AvgIpc) is 3.10. The summed E-state index contributed by atoms with van der Waals surface area (Å²) in [6.07, 6.45) is 5.32. The number of anilines is 1. The second-order valence-corrected chi connectivity index (χ2v) is 14.4. The number of methoxy groups -OCH3 is 1. The van der Waals surface area contributed by atoms with Gasteiger partial charge in [-0.3, -0.25) is 13.9 Å². The van der Waals surface area contributed by atoms with Gasteiger partial charge in [0, 0.05) is 19.0 Å². The Morgan fingerprint density at radius 1 is 0.833 bits per heavy atom. The zero-order valence-electron chi connectivity index (χ0n) is 28.0. The number of aryl methyl sites for hydroxylation is 2. The van der Waals surface area contributed by atoms with Crippen LogP contribution in [0.5, 0.6) is 5.75 Å². The van der Waals surface area contributed by atoms with Crippen LogP contribution >= 0.6 is 0 Å². The molecule has 1 N–H and O–H groups in total. The third-order valence-corrected chi connectivity index (χ3v) is 10.9. The van der Waals surface area contributed by atoms with Gasteiger partial charge < -0.3 is 15.0 Å². The zero-order valence-corrected chi connectivity index (χ0v) is 28.8. The molecule has 0 radical (unpaired) electrons. The van der Waals surface area contributed by atoms with E-state index in [2.05, 4.69) is 5.32 Å². The van der Waals surface area contributed by atoms with Crippen molar-refractivity contribution in [1.82, 2.24) is 10.2 Å². The van der Waals surface area contributed by atoms with Crippen LogP contribution in [0.25, 0.3) is 0 Å². The molecular weight excluding hydrogens is 623 g/mol. The molecule has 0 heterocycles. The van der Waals surface area contributed by atoms with Gasteiger partial charge in [0.2, 0.25) is 11.8 Å². The largest absolute Gasteiger partial charge is 0.497 e. The molecule has 1 aliphatic rings. The van der Waals surface area contributed by atoms with Crippen molar-refractivity contribution in [3.05, 3.63) is 125 Å². The van der Waals surface area contributed by atoms with Crippen LogP contribution in [0, 0.1) is 13.8 Å². The Balaban J connectivity index is 1.57. The van der Waals surface area contributed by atoms with Crippen molar-refractivity contribution in [3.63, 3.8) is 0 Å². The summed E-state index contributed by atoms with van der Waals surface area (Å²) >= 11 is 0. The number of amides is 2. The fourth-order valence-corrected chi connectivity index (χ4v) is 7.60. The summed E-state index contributed by atoms with van der Waals surface area (Å²) in [4.78, 5) is 30.6. The molecule has 0 aliphatic heterocycles. The average molecular weight is 668 g/mol. The van der Waals surface area contributed by atoms with Gasteiger partial charge in [0.1, 0.15) is 18.3 Å². The van der Waals surface area contributed by atoms with Crippen molar-refractivity contribution >= 4 is 27.5 Å². The molecule has 1 fully saturated rings. The molecule has 1 aliphatic carbocycles. The molecule has 0 spiro atoms. The summed E-state index contributed by atoms with van der Waals surface area (Å²) in [5.41, 5.74) is 3.99. The number of nitrogens with one attached hydrogen (secondary N) is 1. The SMILES string of the molecule is COc1ccc(N(CC(=O)N(Cc2ccccc2C)[C@@H](Cc2ccccc2)C(=O)NC2CCCCC2)S(=O)(=O)c2ccc(C)cc2)cc1. The number of benzene rings is 4. The first-order chi connectivity index (χ1) is 23.2. The Labute approximate surface area is 284 Å². The van der Waals surface area contributed by atoms with Crippen LogP contribution in [-0.2, 0) is 32.6 Å². The number of carbonyl (C=O) groups excluding carboxylic acids is 2. The standard InChI is InChI=1S/C39H45N3O5S/c1-29-18-24-36(25-19-29)48(45,46)42(34-20-22-35(47-3)23-21-34)28-38(43)41(27-32-15-11-10-12-30(32)2)37(26-31-13-6-4-7-14-31)39(44)40-33-16-8-5-9-17-33/h4,6-7,10-15,18-25,33,37H,5,8-9,16-17,26-28H2,1-3H3,(H,40,44)/t37-/m0/s1. The van der Waals surface area contributed by atoms with Gasteiger partial charge in [0.05, 0.1) is 17.7 Å². The fourth-order valence-electron chi connectivity index (χ4n) is 6.18. The van der Waals surface area contributed by atoms with Crippen molar-refractivity contribution in [2.75, 3.05) is 18.0 Å².